The molecule has 0 unspecified atom stereocenters. The summed E-state index contributed by atoms with van der Waals surface area (Å²) in [4.78, 5) is -0.146. The molecule has 0 amide bonds. The van der Waals surface area contributed by atoms with Crippen LogP contribution in [0.25, 0.3) is 0 Å². The maximum absolute atomic E-state index is 12.4. The van der Waals surface area contributed by atoms with E-state index in [0.717, 1.165) is 0 Å². The summed E-state index contributed by atoms with van der Waals surface area (Å²) in [6, 6.07) is 5.79. The van der Waals surface area contributed by atoms with Crippen LogP contribution in [0.4, 0.5) is 0 Å². The van der Waals surface area contributed by atoms with Crippen LogP contribution in [0.5, 0.6) is 0 Å². The van der Waals surface area contributed by atoms with Crippen LogP contribution in [-0.2, 0) is 19.7 Å². The van der Waals surface area contributed by atoms with Gasteiger partial charge in [0, 0.05) is 0 Å². The quantitative estimate of drug-likeness (QED) is 0.780. The summed E-state index contributed by atoms with van der Waals surface area (Å²) in [6.45, 7) is 4.52. The molecule has 0 fully saturated rings. The van der Waals surface area contributed by atoms with E-state index in [-0.39, 0.29) is 9.79 Å². The van der Waals surface area contributed by atoms with Crippen LogP contribution in [0, 0.1) is 5.92 Å². The molecule has 94 valence electrons. The molecule has 0 saturated carbocycles. The largest absolute Gasteiger partial charge is 0.222 e. The van der Waals surface area contributed by atoms with Gasteiger partial charge in [-0.25, -0.2) is 16.8 Å². The molecule has 1 aromatic rings. The van der Waals surface area contributed by atoms with Crippen LogP contribution < -0.4 is 0 Å². The molecule has 0 saturated heterocycles. The SMILES string of the molecule is CC(C)C1(C)S(=O)(=O)c2ccccc2S1(=O)=O. The third-order valence-electron chi connectivity index (χ3n) is 3.54. The van der Waals surface area contributed by atoms with E-state index in [1.807, 2.05) is 0 Å². The Morgan fingerprint density at radius 3 is 1.59 bits per heavy atom. The highest BCUT2D eigenvalue weighted by Crippen LogP contribution is 2.48. The van der Waals surface area contributed by atoms with Gasteiger partial charge in [-0.2, -0.15) is 0 Å². The second-order valence-corrected chi connectivity index (χ2v) is 9.47. The van der Waals surface area contributed by atoms with E-state index in [0.29, 0.717) is 0 Å². The highest BCUT2D eigenvalue weighted by molar-refractivity contribution is 8.12. The van der Waals surface area contributed by atoms with E-state index in [1.165, 1.54) is 31.2 Å². The molecule has 1 aliphatic heterocycles. The maximum Gasteiger partial charge on any atom is 0.200 e. The number of sulfone groups is 2. The van der Waals surface area contributed by atoms with Crippen molar-refractivity contribution >= 4 is 19.7 Å². The van der Waals surface area contributed by atoms with E-state index < -0.39 is 29.7 Å². The second-order valence-electron chi connectivity index (χ2n) is 4.62. The first-order chi connectivity index (χ1) is 7.67. The van der Waals surface area contributed by atoms with Gasteiger partial charge >= 0.3 is 0 Å². The zero-order valence-electron chi connectivity index (χ0n) is 9.84. The average molecular weight is 274 g/mol. The summed E-state index contributed by atoms with van der Waals surface area (Å²) in [5, 5.41) is 0. The van der Waals surface area contributed by atoms with Gasteiger partial charge in [0.1, 0.15) is 0 Å². The van der Waals surface area contributed by atoms with Gasteiger partial charge in [-0.05, 0) is 25.0 Å². The minimum atomic E-state index is -3.84. The Morgan fingerprint density at radius 1 is 0.941 bits per heavy atom. The smallest absolute Gasteiger partial charge is 0.200 e. The van der Waals surface area contributed by atoms with Gasteiger partial charge in [-0.1, -0.05) is 26.0 Å². The molecule has 4 nitrogen and oxygen atoms in total. The third-order valence-corrected chi connectivity index (χ3v) is 9.94. The number of hydrogen-bond acceptors (Lipinski definition) is 4. The fourth-order valence-electron chi connectivity index (χ4n) is 2.10. The van der Waals surface area contributed by atoms with Gasteiger partial charge in [0.25, 0.3) is 0 Å². The van der Waals surface area contributed by atoms with Gasteiger partial charge in [0.05, 0.1) is 9.79 Å². The van der Waals surface area contributed by atoms with Gasteiger partial charge < -0.3 is 0 Å². The minimum Gasteiger partial charge on any atom is -0.222 e. The molecular formula is C11H14O4S2. The highest BCUT2D eigenvalue weighted by atomic mass is 32.3. The van der Waals surface area contributed by atoms with Gasteiger partial charge in [0.2, 0.25) is 0 Å². The molecule has 0 spiro atoms. The average Bonchev–Trinajstić information content (AvgIpc) is 2.37. The molecule has 1 aliphatic rings. The number of benzene rings is 1. The van der Waals surface area contributed by atoms with Crippen molar-refractivity contribution in [1.29, 1.82) is 0 Å². The maximum atomic E-state index is 12.4. The molecule has 0 aromatic heterocycles. The van der Waals surface area contributed by atoms with Crippen LogP contribution in [-0.4, -0.2) is 20.9 Å². The minimum absolute atomic E-state index is 0.0730. The van der Waals surface area contributed by atoms with E-state index in [1.54, 1.807) is 13.8 Å². The topological polar surface area (TPSA) is 68.3 Å². The lowest BCUT2D eigenvalue weighted by atomic mass is 10.1. The Bertz CT molecular complexity index is 616. The van der Waals surface area contributed by atoms with Gasteiger partial charge in [-0.3, -0.25) is 0 Å². The van der Waals surface area contributed by atoms with E-state index >= 15 is 0 Å². The van der Waals surface area contributed by atoms with Crippen LogP contribution >= 0.6 is 0 Å². The first kappa shape index (κ1) is 12.6. The summed E-state index contributed by atoms with van der Waals surface area (Å²) >= 11 is 0. The Labute approximate surface area is 102 Å². The van der Waals surface area contributed by atoms with Crippen molar-refractivity contribution in [3.8, 4) is 0 Å². The zero-order valence-corrected chi connectivity index (χ0v) is 11.5. The molecule has 0 aliphatic carbocycles. The summed E-state index contributed by atoms with van der Waals surface area (Å²) in [5.41, 5.74) is 0. The van der Waals surface area contributed by atoms with E-state index in [2.05, 4.69) is 0 Å². The molecule has 1 heterocycles. The first-order valence-corrected chi connectivity index (χ1v) is 8.22. The lowest BCUT2D eigenvalue weighted by Crippen LogP contribution is -2.43. The van der Waals surface area contributed by atoms with Crippen LogP contribution in [0.1, 0.15) is 20.8 Å². The monoisotopic (exact) mass is 274 g/mol. The fourth-order valence-corrected chi connectivity index (χ4v) is 7.74. The first-order valence-electron chi connectivity index (χ1n) is 5.25. The molecule has 1 aromatic carbocycles. The Hall–Kier alpha value is -0.880. The zero-order chi connectivity index (χ0) is 13.1. The molecule has 0 bridgehead atoms. The lowest BCUT2D eigenvalue weighted by Gasteiger charge is -2.26. The van der Waals surface area contributed by atoms with Gasteiger partial charge in [-0.15, -0.1) is 0 Å². The Morgan fingerprint density at radius 2 is 1.29 bits per heavy atom. The molecule has 0 radical (unpaired) electrons. The van der Waals surface area contributed by atoms with E-state index in [9.17, 15) is 16.8 Å². The summed E-state index contributed by atoms with van der Waals surface area (Å²) in [7, 11) is -7.68. The number of fused-ring (bicyclic) bond motifs is 1. The van der Waals surface area contributed by atoms with Gasteiger partial charge in [0.15, 0.2) is 23.8 Å². The Balaban J connectivity index is 2.99. The molecule has 2 rings (SSSR count). The van der Waals surface area contributed by atoms with Crippen molar-refractivity contribution in [3.05, 3.63) is 24.3 Å². The molecule has 0 N–H and O–H groups in total. The van der Waals surface area contributed by atoms with E-state index in [4.69, 9.17) is 0 Å². The second kappa shape index (κ2) is 3.32. The summed E-state index contributed by atoms with van der Waals surface area (Å²) < 4.78 is 47.8. The fraction of sp³-hybridized carbons (Fsp3) is 0.455. The Kier molecular flexibility index (Phi) is 2.46. The van der Waals surface area contributed by atoms with Crippen LogP contribution in [0.2, 0.25) is 0 Å². The van der Waals surface area contributed by atoms with Crippen molar-refractivity contribution in [2.24, 2.45) is 5.92 Å². The normalized spacial score (nSPS) is 23.5. The number of rotatable bonds is 1. The summed E-state index contributed by atoms with van der Waals surface area (Å²) in [6.07, 6.45) is 0. The van der Waals surface area contributed by atoms with Crippen molar-refractivity contribution in [3.63, 3.8) is 0 Å². The lowest BCUT2D eigenvalue weighted by molar-refractivity contribution is 0.498. The van der Waals surface area contributed by atoms with Crippen LogP contribution in [0.3, 0.4) is 0 Å². The predicted molar refractivity (Wildman–Crippen MR) is 64.1 cm³/mol. The molecule has 0 atom stereocenters. The van der Waals surface area contributed by atoms with Crippen LogP contribution in [0.15, 0.2) is 34.1 Å². The molecule has 17 heavy (non-hydrogen) atoms. The van der Waals surface area contributed by atoms with Crippen molar-refractivity contribution < 1.29 is 16.8 Å². The van der Waals surface area contributed by atoms with Crippen molar-refractivity contribution in [2.75, 3.05) is 0 Å². The predicted octanol–water partition coefficient (Wildman–Crippen LogP) is 1.62. The standard InChI is InChI=1S/C11H14O4S2/c1-8(2)11(3)16(12,13)9-6-4-5-7-10(9)17(11,14)15/h4-8H,1-3H3. The third kappa shape index (κ3) is 1.22. The number of hydrogen-bond donors (Lipinski definition) is 0. The molecule has 6 heteroatoms. The molecular weight excluding hydrogens is 260 g/mol. The van der Waals surface area contributed by atoms with Crippen molar-refractivity contribution in [1.82, 2.24) is 0 Å². The van der Waals surface area contributed by atoms with Crippen molar-refractivity contribution in [2.45, 2.75) is 34.6 Å². The summed E-state index contributed by atoms with van der Waals surface area (Å²) in [5.74, 6) is -0.509. The highest BCUT2D eigenvalue weighted by Gasteiger charge is 2.61.